The first kappa shape index (κ1) is 17.0. The number of nitrogens with zero attached hydrogens (tertiary/aromatic N) is 1. The molecule has 1 unspecified atom stereocenters. The van der Waals surface area contributed by atoms with Gasteiger partial charge in [0.1, 0.15) is 5.69 Å². The summed E-state index contributed by atoms with van der Waals surface area (Å²) >= 11 is 0. The number of hydrogen-bond acceptors (Lipinski definition) is 2. The van der Waals surface area contributed by atoms with Gasteiger partial charge in [0.15, 0.2) is 0 Å². The number of H-pyrrole nitrogens is 1. The molecule has 1 fully saturated rings. The van der Waals surface area contributed by atoms with Gasteiger partial charge in [0.2, 0.25) is 0 Å². The molecule has 3 rings (SSSR count). The summed E-state index contributed by atoms with van der Waals surface area (Å²) in [7, 11) is 0. The molecule has 0 aliphatic carbocycles. The Morgan fingerprint density at radius 2 is 2.21 bits per heavy atom. The van der Waals surface area contributed by atoms with Crippen molar-refractivity contribution < 1.29 is 4.79 Å². The van der Waals surface area contributed by atoms with E-state index in [1.165, 1.54) is 18.4 Å². The first-order chi connectivity index (χ1) is 11.3. The Bertz CT molecular complexity index is 732. The molecular weight excluding hydrogens is 298 g/mol. The summed E-state index contributed by atoms with van der Waals surface area (Å²) in [5.41, 5.74) is 2.59. The second-order valence-electron chi connectivity index (χ2n) is 8.04. The Morgan fingerprint density at radius 1 is 1.42 bits per heavy atom. The van der Waals surface area contributed by atoms with E-state index >= 15 is 0 Å². The standard InChI is InChI=1S/C20H29N3O/c1-14-7-6-10-23(12-14)13-20(3,4)22-19(24)18-11-16-15(2)8-5-9-17(16)21-18/h5,8-9,11,14,21H,6-7,10,12-13H2,1-4H3,(H,22,24). The normalized spacial score (nSPS) is 19.6. The number of piperidine rings is 1. The van der Waals surface area contributed by atoms with Crippen molar-refractivity contribution in [3.63, 3.8) is 0 Å². The average Bonchev–Trinajstić information content (AvgIpc) is 2.92. The number of aromatic amines is 1. The summed E-state index contributed by atoms with van der Waals surface area (Å²) in [6.45, 7) is 11.8. The summed E-state index contributed by atoms with van der Waals surface area (Å²) in [4.78, 5) is 18.4. The fraction of sp³-hybridized carbons (Fsp3) is 0.550. The number of nitrogens with one attached hydrogen (secondary N) is 2. The van der Waals surface area contributed by atoms with Crippen LogP contribution in [0.25, 0.3) is 10.9 Å². The highest BCUT2D eigenvalue weighted by atomic mass is 16.2. The van der Waals surface area contributed by atoms with E-state index in [4.69, 9.17) is 0 Å². The molecule has 2 N–H and O–H groups in total. The summed E-state index contributed by atoms with van der Waals surface area (Å²) in [5.74, 6) is 0.725. The summed E-state index contributed by atoms with van der Waals surface area (Å²) in [6, 6.07) is 8.05. The first-order valence-corrected chi connectivity index (χ1v) is 8.97. The number of aromatic nitrogens is 1. The fourth-order valence-corrected chi connectivity index (χ4v) is 3.83. The number of hydrogen-bond donors (Lipinski definition) is 2. The topological polar surface area (TPSA) is 48.1 Å². The minimum absolute atomic E-state index is 0.0272. The molecule has 0 spiro atoms. The van der Waals surface area contributed by atoms with Crippen LogP contribution in [0.1, 0.15) is 49.7 Å². The maximum absolute atomic E-state index is 12.7. The van der Waals surface area contributed by atoms with Gasteiger partial charge in [-0.25, -0.2) is 0 Å². The van der Waals surface area contributed by atoms with Crippen LogP contribution < -0.4 is 5.32 Å². The number of benzene rings is 1. The molecule has 1 aromatic heterocycles. The van der Waals surface area contributed by atoms with Crippen molar-refractivity contribution in [3.05, 3.63) is 35.5 Å². The van der Waals surface area contributed by atoms with Gasteiger partial charge in [-0.15, -0.1) is 0 Å². The van der Waals surface area contributed by atoms with Crippen LogP contribution in [0.5, 0.6) is 0 Å². The number of aryl methyl sites for hydroxylation is 1. The predicted octanol–water partition coefficient (Wildman–Crippen LogP) is 3.72. The Kier molecular flexibility index (Phi) is 4.68. The number of carbonyl (C=O) groups excluding carboxylic acids is 1. The van der Waals surface area contributed by atoms with E-state index in [1.54, 1.807) is 0 Å². The van der Waals surface area contributed by atoms with E-state index < -0.39 is 0 Å². The van der Waals surface area contributed by atoms with Crippen molar-refractivity contribution in [3.8, 4) is 0 Å². The molecule has 4 nitrogen and oxygen atoms in total. The van der Waals surface area contributed by atoms with Crippen molar-refractivity contribution >= 4 is 16.8 Å². The summed E-state index contributed by atoms with van der Waals surface area (Å²) < 4.78 is 0. The molecule has 2 aromatic rings. The van der Waals surface area contributed by atoms with Crippen molar-refractivity contribution in [2.45, 2.75) is 46.1 Å². The summed E-state index contributed by atoms with van der Waals surface area (Å²) in [5, 5.41) is 4.32. The molecule has 1 aliphatic rings. The Morgan fingerprint density at radius 3 is 2.92 bits per heavy atom. The van der Waals surface area contributed by atoms with Gasteiger partial charge >= 0.3 is 0 Å². The second-order valence-corrected chi connectivity index (χ2v) is 8.04. The average molecular weight is 327 g/mol. The zero-order valence-electron chi connectivity index (χ0n) is 15.3. The maximum atomic E-state index is 12.7. The number of amides is 1. The van der Waals surface area contributed by atoms with Crippen molar-refractivity contribution in [1.82, 2.24) is 15.2 Å². The lowest BCUT2D eigenvalue weighted by molar-refractivity contribution is 0.0859. The lowest BCUT2D eigenvalue weighted by atomic mass is 9.97. The fourth-order valence-electron chi connectivity index (χ4n) is 3.83. The number of fused-ring (bicyclic) bond motifs is 1. The number of likely N-dealkylation sites (tertiary alicyclic amines) is 1. The molecule has 1 saturated heterocycles. The van der Waals surface area contributed by atoms with Gasteiger partial charge in [-0.05, 0) is 63.8 Å². The van der Waals surface area contributed by atoms with Crippen LogP contribution in [0.2, 0.25) is 0 Å². The minimum atomic E-state index is -0.250. The van der Waals surface area contributed by atoms with Gasteiger partial charge in [0.25, 0.3) is 5.91 Å². The van der Waals surface area contributed by atoms with Crippen molar-refractivity contribution in [2.75, 3.05) is 19.6 Å². The highest BCUT2D eigenvalue weighted by Gasteiger charge is 2.27. The zero-order valence-corrected chi connectivity index (χ0v) is 15.3. The lowest BCUT2D eigenvalue weighted by Crippen LogP contribution is -2.53. The van der Waals surface area contributed by atoms with Gasteiger partial charge in [-0.3, -0.25) is 4.79 Å². The van der Waals surface area contributed by atoms with E-state index in [-0.39, 0.29) is 11.4 Å². The van der Waals surface area contributed by atoms with E-state index in [2.05, 4.69) is 49.0 Å². The van der Waals surface area contributed by atoms with Crippen LogP contribution in [-0.2, 0) is 0 Å². The third-order valence-corrected chi connectivity index (χ3v) is 4.94. The van der Waals surface area contributed by atoms with Crippen LogP contribution >= 0.6 is 0 Å². The molecule has 0 radical (unpaired) electrons. The molecule has 1 amide bonds. The second kappa shape index (κ2) is 6.60. The Hall–Kier alpha value is -1.81. The number of carbonyl (C=O) groups is 1. The lowest BCUT2D eigenvalue weighted by Gasteiger charge is -2.37. The zero-order chi connectivity index (χ0) is 17.3. The highest BCUT2D eigenvalue weighted by Crippen LogP contribution is 2.21. The molecule has 0 saturated carbocycles. The van der Waals surface area contributed by atoms with Crippen LogP contribution in [0.15, 0.2) is 24.3 Å². The Balaban J connectivity index is 1.68. The van der Waals surface area contributed by atoms with E-state index in [0.717, 1.165) is 36.5 Å². The molecular formula is C20H29N3O. The number of rotatable bonds is 4. The third-order valence-electron chi connectivity index (χ3n) is 4.94. The molecule has 24 heavy (non-hydrogen) atoms. The van der Waals surface area contributed by atoms with Crippen LogP contribution in [0.3, 0.4) is 0 Å². The molecule has 130 valence electrons. The quantitative estimate of drug-likeness (QED) is 0.899. The third kappa shape index (κ3) is 3.81. The monoisotopic (exact) mass is 327 g/mol. The van der Waals surface area contributed by atoms with E-state index in [1.807, 2.05) is 18.2 Å². The van der Waals surface area contributed by atoms with Crippen molar-refractivity contribution in [1.29, 1.82) is 0 Å². The minimum Gasteiger partial charge on any atom is -0.351 e. The van der Waals surface area contributed by atoms with Gasteiger partial charge in [-0.1, -0.05) is 19.1 Å². The van der Waals surface area contributed by atoms with Crippen molar-refractivity contribution in [2.24, 2.45) is 5.92 Å². The largest absolute Gasteiger partial charge is 0.351 e. The van der Waals surface area contributed by atoms with Gasteiger partial charge < -0.3 is 15.2 Å². The smallest absolute Gasteiger partial charge is 0.268 e. The molecule has 0 bridgehead atoms. The molecule has 4 heteroatoms. The van der Waals surface area contributed by atoms with E-state index in [9.17, 15) is 4.79 Å². The van der Waals surface area contributed by atoms with Crippen LogP contribution in [-0.4, -0.2) is 41.0 Å². The Labute approximate surface area is 144 Å². The predicted molar refractivity (Wildman–Crippen MR) is 99.4 cm³/mol. The van der Waals surface area contributed by atoms with Gasteiger partial charge in [0, 0.05) is 29.5 Å². The first-order valence-electron chi connectivity index (χ1n) is 8.97. The van der Waals surface area contributed by atoms with Gasteiger partial charge in [-0.2, -0.15) is 0 Å². The molecule has 2 heterocycles. The molecule has 1 aromatic carbocycles. The molecule has 1 aliphatic heterocycles. The maximum Gasteiger partial charge on any atom is 0.268 e. The summed E-state index contributed by atoms with van der Waals surface area (Å²) in [6.07, 6.45) is 2.57. The molecule has 1 atom stereocenters. The highest BCUT2D eigenvalue weighted by molar-refractivity contribution is 5.99. The van der Waals surface area contributed by atoms with Crippen LogP contribution in [0.4, 0.5) is 0 Å². The SMILES string of the molecule is Cc1cccc2[nH]c(C(=O)NC(C)(C)CN3CCCC(C)C3)cc12. The van der Waals surface area contributed by atoms with Gasteiger partial charge in [0.05, 0.1) is 0 Å². The van der Waals surface area contributed by atoms with E-state index in [0.29, 0.717) is 5.69 Å². The van der Waals surface area contributed by atoms with Crippen LogP contribution in [0, 0.1) is 12.8 Å².